The largest absolute Gasteiger partial charge is 0.462 e. The Morgan fingerprint density at radius 2 is 1.93 bits per heavy atom. The minimum atomic E-state index is -0.359. The molecule has 0 fully saturated rings. The third-order valence-electron chi connectivity index (χ3n) is 4.59. The molecule has 1 aromatic heterocycles. The molecule has 1 aliphatic heterocycles. The number of hydrogen-bond donors (Lipinski definition) is 2. The lowest BCUT2D eigenvalue weighted by Gasteiger charge is -2.03. The van der Waals surface area contributed by atoms with Crippen LogP contribution in [0.4, 0.5) is 0 Å². The Morgan fingerprint density at radius 1 is 1.19 bits per heavy atom. The Bertz CT molecular complexity index is 924. The summed E-state index contributed by atoms with van der Waals surface area (Å²) in [4.78, 5) is 27.6. The zero-order valence-corrected chi connectivity index (χ0v) is 15.8. The number of aryl methyl sites for hydroxylation is 2. The maximum absolute atomic E-state index is 12.2. The van der Waals surface area contributed by atoms with Crippen LogP contribution in [0.25, 0.3) is 6.08 Å². The minimum absolute atomic E-state index is 0.234. The molecule has 0 aliphatic carbocycles. The van der Waals surface area contributed by atoms with Gasteiger partial charge in [-0.25, -0.2) is 10.2 Å². The monoisotopic (exact) mass is 365 g/mol. The lowest BCUT2D eigenvalue weighted by Crippen LogP contribution is -2.13. The van der Waals surface area contributed by atoms with Crippen molar-refractivity contribution >= 4 is 23.7 Å². The Balaban J connectivity index is 1.84. The Kier molecular flexibility index (Phi) is 5.54. The number of esters is 1. The van der Waals surface area contributed by atoms with Gasteiger partial charge in [0, 0.05) is 11.4 Å². The highest BCUT2D eigenvalue weighted by Crippen LogP contribution is 2.23. The average Bonchev–Trinajstić information content (AvgIpc) is 3.14. The van der Waals surface area contributed by atoms with Crippen LogP contribution in [-0.2, 0) is 16.0 Å². The van der Waals surface area contributed by atoms with Gasteiger partial charge in [0.15, 0.2) is 0 Å². The molecule has 1 aromatic carbocycles. The number of hydrazone groups is 1. The highest BCUT2D eigenvalue weighted by atomic mass is 16.5. The second-order valence-electron chi connectivity index (χ2n) is 6.43. The highest BCUT2D eigenvalue weighted by Gasteiger charge is 2.24. The summed E-state index contributed by atoms with van der Waals surface area (Å²) in [6.07, 6.45) is 3.21. The van der Waals surface area contributed by atoms with Gasteiger partial charge in [0.05, 0.1) is 23.5 Å². The van der Waals surface area contributed by atoms with Crippen molar-refractivity contribution in [3.63, 3.8) is 0 Å². The molecule has 27 heavy (non-hydrogen) atoms. The van der Waals surface area contributed by atoms with Gasteiger partial charge in [-0.1, -0.05) is 30.3 Å². The van der Waals surface area contributed by atoms with Crippen LogP contribution in [0.5, 0.6) is 0 Å². The van der Waals surface area contributed by atoms with Crippen LogP contribution >= 0.6 is 0 Å². The fourth-order valence-electron chi connectivity index (χ4n) is 3.19. The zero-order chi connectivity index (χ0) is 19.4. The number of carbonyl (C=O) groups excluding carboxylic acids is 2. The maximum atomic E-state index is 12.2. The first-order chi connectivity index (χ1) is 13.0. The quantitative estimate of drug-likeness (QED) is 0.608. The normalized spacial score (nSPS) is 15.0. The number of benzene rings is 1. The van der Waals surface area contributed by atoms with E-state index in [4.69, 9.17) is 4.74 Å². The van der Waals surface area contributed by atoms with Crippen LogP contribution in [0.2, 0.25) is 0 Å². The summed E-state index contributed by atoms with van der Waals surface area (Å²) in [6.45, 7) is 5.75. The molecule has 0 spiro atoms. The first-order valence-electron chi connectivity index (χ1n) is 9.00. The van der Waals surface area contributed by atoms with E-state index in [0.717, 1.165) is 23.4 Å². The molecule has 0 radical (unpaired) electrons. The van der Waals surface area contributed by atoms with Crippen molar-refractivity contribution in [2.75, 3.05) is 6.61 Å². The number of ether oxygens (including phenoxy) is 1. The fourth-order valence-corrected chi connectivity index (χ4v) is 3.19. The van der Waals surface area contributed by atoms with E-state index < -0.39 is 0 Å². The van der Waals surface area contributed by atoms with Crippen molar-refractivity contribution in [2.24, 2.45) is 5.10 Å². The summed E-state index contributed by atoms with van der Waals surface area (Å²) in [7, 11) is 0. The molecule has 140 valence electrons. The number of rotatable bonds is 6. The van der Waals surface area contributed by atoms with E-state index in [1.807, 2.05) is 32.0 Å². The standard InChI is InChI=1S/C21H23N3O3/c1-4-27-21(26)19-13(2)18(22-14(19)3)12-16-17(23-24-20(16)25)11-10-15-8-6-5-7-9-15/h5-9,12,22H,4,10-11H2,1-3H3,(H,24,25). The first-order valence-corrected chi connectivity index (χ1v) is 9.00. The molecule has 2 heterocycles. The topological polar surface area (TPSA) is 83.5 Å². The Hall–Kier alpha value is -3.15. The van der Waals surface area contributed by atoms with Crippen molar-refractivity contribution in [3.8, 4) is 0 Å². The van der Waals surface area contributed by atoms with Crippen LogP contribution < -0.4 is 5.43 Å². The number of hydrogen-bond acceptors (Lipinski definition) is 4. The Morgan fingerprint density at radius 3 is 2.63 bits per heavy atom. The summed E-state index contributed by atoms with van der Waals surface area (Å²) < 4.78 is 5.12. The van der Waals surface area contributed by atoms with Gasteiger partial charge >= 0.3 is 5.97 Å². The van der Waals surface area contributed by atoms with Crippen molar-refractivity contribution in [2.45, 2.75) is 33.6 Å². The van der Waals surface area contributed by atoms with Crippen LogP contribution in [0.1, 0.15) is 46.2 Å². The van der Waals surface area contributed by atoms with Gasteiger partial charge < -0.3 is 9.72 Å². The van der Waals surface area contributed by atoms with E-state index in [9.17, 15) is 9.59 Å². The second-order valence-corrected chi connectivity index (χ2v) is 6.43. The molecular formula is C21H23N3O3. The summed E-state index contributed by atoms with van der Waals surface area (Å²) in [5, 5.41) is 4.18. The van der Waals surface area contributed by atoms with E-state index in [1.54, 1.807) is 13.0 Å². The summed E-state index contributed by atoms with van der Waals surface area (Å²) in [5.74, 6) is -0.593. The van der Waals surface area contributed by atoms with Crippen LogP contribution in [0.3, 0.4) is 0 Å². The van der Waals surface area contributed by atoms with Gasteiger partial charge in [-0.2, -0.15) is 5.10 Å². The van der Waals surface area contributed by atoms with Gasteiger partial charge in [0.1, 0.15) is 0 Å². The first kappa shape index (κ1) is 18.6. The molecule has 1 amide bonds. The predicted molar refractivity (Wildman–Crippen MR) is 105 cm³/mol. The van der Waals surface area contributed by atoms with E-state index >= 15 is 0 Å². The van der Waals surface area contributed by atoms with Crippen molar-refractivity contribution in [1.82, 2.24) is 10.4 Å². The molecule has 6 nitrogen and oxygen atoms in total. The van der Waals surface area contributed by atoms with Gasteiger partial charge in [-0.05, 0) is 50.8 Å². The summed E-state index contributed by atoms with van der Waals surface area (Å²) in [5.41, 5.74) is 7.68. The number of carbonyl (C=O) groups is 2. The molecule has 0 saturated heterocycles. The fraction of sp³-hybridized carbons (Fsp3) is 0.286. The van der Waals surface area contributed by atoms with Gasteiger partial charge in [0.2, 0.25) is 0 Å². The third-order valence-corrected chi connectivity index (χ3v) is 4.59. The molecule has 0 saturated carbocycles. The molecule has 0 unspecified atom stereocenters. The molecule has 6 heteroatoms. The lowest BCUT2D eigenvalue weighted by atomic mass is 10.0. The van der Waals surface area contributed by atoms with Crippen LogP contribution in [0, 0.1) is 13.8 Å². The third kappa shape index (κ3) is 4.00. The number of aromatic nitrogens is 1. The molecule has 0 bridgehead atoms. The predicted octanol–water partition coefficient (Wildman–Crippen LogP) is 3.31. The molecule has 0 atom stereocenters. The smallest absolute Gasteiger partial charge is 0.340 e. The van der Waals surface area contributed by atoms with E-state index in [0.29, 0.717) is 29.9 Å². The molecule has 2 N–H and O–H groups in total. The number of nitrogens with zero attached hydrogens (tertiary/aromatic N) is 1. The zero-order valence-electron chi connectivity index (χ0n) is 15.8. The van der Waals surface area contributed by atoms with Gasteiger partial charge in [-0.3, -0.25) is 4.79 Å². The van der Waals surface area contributed by atoms with Crippen molar-refractivity contribution < 1.29 is 14.3 Å². The Labute approximate surface area is 158 Å². The number of nitrogens with one attached hydrogen (secondary N) is 2. The second kappa shape index (κ2) is 8.03. The summed E-state index contributed by atoms with van der Waals surface area (Å²) >= 11 is 0. The molecule has 1 aliphatic rings. The maximum Gasteiger partial charge on any atom is 0.340 e. The summed E-state index contributed by atoms with van der Waals surface area (Å²) in [6, 6.07) is 10.1. The van der Waals surface area contributed by atoms with E-state index in [-0.39, 0.29) is 11.9 Å². The lowest BCUT2D eigenvalue weighted by molar-refractivity contribution is -0.116. The number of aromatic amines is 1. The molecular weight excluding hydrogens is 342 g/mol. The highest BCUT2D eigenvalue weighted by molar-refractivity contribution is 6.27. The number of H-pyrrole nitrogens is 1. The van der Waals surface area contributed by atoms with Crippen LogP contribution in [0.15, 0.2) is 41.0 Å². The minimum Gasteiger partial charge on any atom is -0.462 e. The number of amides is 1. The van der Waals surface area contributed by atoms with Gasteiger partial charge in [-0.15, -0.1) is 0 Å². The van der Waals surface area contributed by atoms with E-state index in [2.05, 4.69) is 27.6 Å². The van der Waals surface area contributed by atoms with Crippen molar-refractivity contribution in [3.05, 3.63) is 64.0 Å². The van der Waals surface area contributed by atoms with E-state index in [1.165, 1.54) is 5.56 Å². The van der Waals surface area contributed by atoms with Gasteiger partial charge in [0.25, 0.3) is 5.91 Å². The molecule has 3 rings (SSSR count). The van der Waals surface area contributed by atoms with Crippen LogP contribution in [-0.4, -0.2) is 29.2 Å². The SMILES string of the molecule is CCOC(=O)c1c(C)[nH]c(C=C2C(=O)NN=C2CCc2ccccc2)c1C. The molecule has 2 aromatic rings. The van der Waals surface area contributed by atoms with Crippen molar-refractivity contribution in [1.29, 1.82) is 0 Å². The average molecular weight is 365 g/mol.